The minimum atomic E-state index is -0.896. The number of halogens is 1. The number of hydrogen-bond acceptors (Lipinski definition) is 3. The van der Waals surface area contributed by atoms with Crippen LogP contribution in [0.15, 0.2) is 28.7 Å². The van der Waals surface area contributed by atoms with Crippen molar-refractivity contribution < 1.29 is 19.4 Å². The fourth-order valence-corrected chi connectivity index (χ4v) is 3.20. The minimum absolute atomic E-state index is 0.163. The lowest BCUT2D eigenvalue weighted by Crippen LogP contribution is -2.35. The number of carbonyl (C=O) groups is 2. The highest BCUT2D eigenvalue weighted by atomic mass is 79.9. The lowest BCUT2D eigenvalue weighted by molar-refractivity contribution is -0.141. The van der Waals surface area contributed by atoms with Gasteiger partial charge < -0.3 is 14.7 Å². The van der Waals surface area contributed by atoms with Crippen molar-refractivity contribution in [3.63, 3.8) is 0 Å². The quantitative estimate of drug-likeness (QED) is 0.866. The molecule has 1 aromatic carbocycles. The fraction of sp³-hybridized carbons (Fsp3) is 0.500. The molecule has 1 fully saturated rings. The van der Waals surface area contributed by atoms with Crippen molar-refractivity contribution in [2.75, 3.05) is 13.1 Å². The molecule has 0 saturated carbocycles. The Morgan fingerprint density at radius 3 is 2.45 bits per heavy atom. The second-order valence-electron chi connectivity index (χ2n) is 6.46. The van der Waals surface area contributed by atoms with E-state index in [-0.39, 0.29) is 12.5 Å². The third kappa shape index (κ3) is 3.80. The third-order valence-electron chi connectivity index (χ3n) is 3.59. The molecule has 2 rings (SSSR count). The van der Waals surface area contributed by atoms with Crippen LogP contribution in [-0.4, -0.2) is 40.8 Å². The number of nitrogens with zero attached hydrogens (tertiary/aromatic N) is 1. The van der Waals surface area contributed by atoms with Crippen molar-refractivity contribution in [2.24, 2.45) is 5.92 Å². The Morgan fingerprint density at radius 2 is 1.91 bits per heavy atom. The highest BCUT2D eigenvalue weighted by molar-refractivity contribution is 9.10. The molecule has 120 valence electrons. The van der Waals surface area contributed by atoms with Gasteiger partial charge >= 0.3 is 12.1 Å². The maximum Gasteiger partial charge on any atom is 0.410 e. The Morgan fingerprint density at radius 1 is 1.27 bits per heavy atom. The Hall–Kier alpha value is -1.56. The fourth-order valence-electron chi connectivity index (χ4n) is 2.62. The van der Waals surface area contributed by atoms with Crippen LogP contribution < -0.4 is 0 Å². The number of carbonyl (C=O) groups excluding carboxylic acids is 1. The van der Waals surface area contributed by atoms with E-state index in [1.54, 1.807) is 20.8 Å². The maximum atomic E-state index is 12.2. The molecule has 0 aliphatic carbocycles. The summed E-state index contributed by atoms with van der Waals surface area (Å²) in [7, 11) is 0. The first-order valence-corrected chi connectivity index (χ1v) is 7.93. The van der Waals surface area contributed by atoms with Crippen LogP contribution >= 0.6 is 15.9 Å². The summed E-state index contributed by atoms with van der Waals surface area (Å²) in [5, 5.41) is 9.47. The van der Waals surface area contributed by atoms with Crippen LogP contribution in [0, 0.1) is 5.92 Å². The van der Waals surface area contributed by atoms with Crippen LogP contribution in [0.5, 0.6) is 0 Å². The topological polar surface area (TPSA) is 66.8 Å². The number of hydrogen-bond donors (Lipinski definition) is 1. The number of rotatable bonds is 2. The molecule has 6 heteroatoms. The Balaban J connectivity index is 2.22. The standard InChI is InChI=1S/C16H20BrNO4/c1-16(2,3)22-15(21)18-8-11(12(9-18)14(19)20)10-6-4-5-7-13(10)17/h4-7,11-12H,8-9H2,1-3H3,(H,19,20)/t11-,12+/m0/s1. The van der Waals surface area contributed by atoms with Crippen LogP contribution in [0.25, 0.3) is 0 Å². The highest BCUT2D eigenvalue weighted by Gasteiger charge is 2.42. The van der Waals surface area contributed by atoms with Crippen LogP contribution in [0.2, 0.25) is 0 Å². The molecule has 1 aromatic rings. The van der Waals surface area contributed by atoms with Gasteiger partial charge in [0, 0.05) is 23.5 Å². The summed E-state index contributed by atoms with van der Waals surface area (Å²) >= 11 is 3.46. The molecule has 0 radical (unpaired) electrons. The number of amides is 1. The van der Waals surface area contributed by atoms with Gasteiger partial charge in [-0.15, -0.1) is 0 Å². The van der Waals surface area contributed by atoms with Crippen LogP contribution in [0.1, 0.15) is 32.3 Å². The van der Waals surface area contributed by atoms with Gasteiger partial charge in [-0.1, -0.05) is 34.1 Å². The second kappa shape index (κ2) is 6.28. The van der Waals surface area contributed by atoms with Crippen molar-refractivity contribution in [2.45, 2.75) is 32.3 Å². The van der Waals surface area contributed by atoms with Gasteiger partial charge in [0.1, 0.15) is 5.60 Å². The zero-order valence-corrected chi connectivity index (χ0v) is 14.5. The van der Waals surface area contributed by atoms with E-state index in [0.717, 1.165) is 10.0 Å². The first-order chi connectivity index (χ1) is 10.2. The molecule has 2 atom stereocenters. The number of aliphatic carboxylic acids is 1. The van der Waals surface area contributed by atoms with E-state index < -0.39 is 23.6 Å². The lowest BCUT2D eigenvalue weighted by Gasteiger charge is -2.24. The molecule has 0 aromatic heterocycles. The predicted octanol–water partition coefficient (Wildman–Crippen LogP) is 3.48. The second-order valence-corrected chi connectivity index (χ2v) is 7.31. The Kier molecular flexibility index (Phi) is 4.80. The molecule has 1 N–H and O–H groups in total. The van der Waals surface area contributed by atoms with E-state index in [9.17, 15) is 14.7 Å². The van der Waals surface area contributed by atoms with Crippen LogP contribution in [-0.2, 0) is 9.53 Å². The third-order valence-corrected chi connectivity index (χ3v) is 4.32. The average Bonchev–Trinajstić information content (AvgIpc) is 2.82. The van der Waals surface area contributed by atoms with Gasteiger partial charge in [0.25, 0.3) is 0 Å². The zero-order chi connectivity index (χ0) is 16.5. The normalized spacial score (nSPS) is 21.7. The van der Waals surface area contributed by atoms with Gasteiger partial charge in [-0.05, 0) is 32.4 Å². The van der Waals surface area contributed by atoms with E-state index >= 15 is 0 Å². The molecule has 0 unspecified atom stereocenters. The highest BCUT2D eigenvalue weighted by Crippen LogP contribution is 2.37. The summed E-state index contributed by atoms with van der Waals surface area (Å²) in [5.74, 6) is -1.78. The maximum absolute atomic E-state index is 12.2. The van der Waals surface area contributed by atoms with E-state index in [0.29, 0.717) is 6.54 Å². The summed E-state index contributed by atoms with van der Waals surface area (Å²) in [4.78, 5) is 25.2. The van der Waals surface area contributed by atoms with Crippen molar-refractivity contribution in [1.29, 1.82) is 0 Å². The smallest absolute Gasteiger partial charge is 0.410 e. The summed E-state index contributed by atoms with van der Waals surface area (Å²) in [6.07, 6.45) is -0.465. The first kappa shape index (κ1) is 16.8. The van der Waals surface area contributed by atoms with Crippen molar-refractivity contribution in [1.82, 2.24) is 4.90 Å². The molecule has 1 saturated heterocycles. The number of carboxylic acids is 1. The monoisotopic (exact) mass is 369 g/mol. The Bertz CT molecular complexity index is 582. The molecule has 0 spiro atoms. The summed E-state index contributed by atoms with van der Waals surface area (Å²) < 4.78 is 6.21. The van der Waals surface area contributed by atoms with E-state index in [4.69, 9.17) is 4.74 Å². The van der Waals surface area contributed by atoms with E-state index in [1.165, 1.54) is 4.90 Å². The number of carboxylic acid groups (broad SMARTS) is 1. The van der Waals surface area contributed by atoms with Gasteiger partial charge in [0.2, 0.25) is 0 Å². The molecular weight excluding hydrogens is 350 g/mol. The average molecular weight is 370 g/mol. The molecule has 22 heavy (non-hydrogen) atoms. The van der Waals surface area contributed by atoms with Gasteiger partial charge in [0.15, 0.2) is 0 Å². The lowest BCUT2D eigenvalue weighted by atomic mass is 9.89. The zero-order valence-electron chi connectivity index (χ0n) is 12.9. The molecule has 5 nitrogen and oxygen atoms in total. The van der Waals surface area contributed by atoms with Crippen molar-refractivity contribution >= 4 is 28.0 Å². The van der Waals surface area contributed by atoms with Crippen molar-refractivity contribution in [3.8, 4) is 0 Å². The van der Waals surface area contributed by atoms with E-state index in [1.807, 2.05) is 24.3 Å². The molecule has 1 aliphatic rings. The molecule has 1 heterocycles. The van der Waals surface area contributed by atoms with Gasteiger partial charge in [0.05, 0.1) is 5.92 Å². The van der Waals surface area contributed by atoms with Gasteiger partial charge in [-0.3, -0.25) is 4.79 Å². The molecular formula is C16H20BrNO4. The molecule has 0 bridgehead atoms. The van der Waals surface area contributed by atoms with Gasteiger partial charge in [-0.2, -0.15) is 0 Å². The SMILES string of the molecule is CC(C)(C)OC(=O)N1C[C@@H](C(=O)O)[C@H](c2ccccc2Br)C1. The largest absolute Gasteiger partial charge is 0.481 e. The van der Waals surface area contributed by atoms with Crippen LogP contribution in [0.4, 0.5) is 4.79 Å². The number of likely N-dealkylation sites (tertiary alicyclic amines) is 1. The first-order valence-electron chi connectivity index (χ1n) is 7.14. The number of ether oxygens (including phenoxy) is 1. The molecule has 1 amide bonds. The summed E-state index contributed by atoms with van der Waals surface area (Å²) in [6.45, 7) is 5.88. The van der Waals surface area contributed by atoms with E-state index in [2.05, 4.69) is 15.9 Å². The summed E-state index contributed by atoms with van der Waals surface area (Å²) in [6, 6.07) is 7.52. The predicted molar refractivity (Wildman–Crippen MR) is 85.8 cm³/mol. The summed E-state index contributed by atoms with van der Waals surface area (Å²) in [5.41, 5.74) is 0.308. The van der Waals surface area contributed by atoms with Gasteiger partial charge in [-0.25, -0.2) is 4.79 Å². The minimum Gasteiger partial charge on any atom is -0.481 e. The van der Waals surface area contributed by atoms with Crippen molar-refractivity contribution in [3.05, 3.63) is 34.3 Å². The number of benzene rings is 1. The van der Waals surface area contributed by atoms with Crippen LogP contribution in [0.3, 0.4) is 0 Å². The molecule has 1 aliphatic heterocycles. The Labute approximate surface area is 138 Å².